The number of nitrogens with two attached hydrogens (primary N) is 1. The van der Waals surface area contributed by atoms with Crippen LogP contribution < -0.4 is 5.73 Å². The highest BCUT2D eigenvalue weighted by Gasteiger charge is 2.22. The van der Waals surface area contributed by atoms with Gasteiger partial charge in [0.2, 0.25) is 5.91 Å². The Kier molecular flexibility index (Phi) is 4.54. The second-order valence-corrected chi connectivity index (χ2v) is 6.29. The third-order valence-electron chi connectivity index (χ3n) is 4.43. The molecule has 1 amide bonds. The summed E-state index contributed by atoms with van der Waals surface area (Å²) in [4.78, 5) is 11.9. The maximum atomic E-state index is 11.9. The van der Waals surface area contributed by atoms with Gasteiger partial charge in [-0.05, 0) is 17.7 Å². The van der Waals surface area contributed by atoms with Crippen molar-refractivity contribution in [3.8, 4) is 28.1 Å². The lowest BCUT2D eigenvalue weighted by Crippen LogP contribution is -2.17. The lowest BCUT2D eigenvalue weighted by atomic mass is 9.97. The number of primary amides is 1. The van der Waals surface area contributed by atoms with E-state index in [1.165, 1.54) is 0 Å². The zero-order valence-electron chi connectivity index (χ0n) is 14.7. The number of carbonyl (C=O) groups is 1. The van der Waals surface area contributed by atoms with E-state index in [0.717, 1.165) is 33.8 Å². The van der Waals surface area contributed by atoms with Crippen LogP contribution in [0.25, 0.3) is 28.1 Å². The molecular weight excluding hydrogens is 334 g/mol. The van der Waals surface area contributed by atoms with Crippen molar-refractivity contribution < 1.29 is 4.79 Å². The van der Waals surface area contributed by atoms with E-state index in [4.69, 9.17) is 10.8 Å². The summed E-state index contributed by atoms with van der Waals surface area (Å²) in [6.07, 6.45) is 0.110. The zero-order valence-corrected chi connectivity index (χ0v) is 14.7. The highest BCUT2D eigenvalue weighted by atomic mass is 16.1. The molecule has 0 saturated heterocycles. The molecule has 0 atom stereocenters. The molecule has 4 rings (SSSR count). The average Bonchev–Trinajstić information content (AvgIpc) is 3.08. The minimum absolute atomic E-state index is 0.110. The molecule has 1 aromatic heterocycles. The van der Waals surface area contributed by atoms with Gasteiger partial charge in [0.1, 0.15) is 5.69 Å². The van der Waals surface area contributed by atoms with Crippen LogP contribution in [0.2, 0.25) is 0 Å². The van der Waals surface area contributed by atoms with Gasteiger partial charge in [0.25, 0.3) is 0 Å². The third kappa shape index (κ3) is 3.37. The van der Waals surface area contributed by atoms with Crippen molar-refractivity contribution in [1.82, 2.24) is 9.78 Å². The largest absolute Gasteiger partial charge is 0.369 e. The summed E-state index contributed by atoms with van der Waals surface area (Å²) in [6.45, 7) is 0. The SMILES string of the molecule is NC(=O)Cc1c(-c2ccccc2)c(-c2ccccc2)nn1-c1ccccc1. The van der Waals surface area contributed by atoms with E-state index in [-0.39, 0.29) is 12.3 Å². The van der Waals surface area contributed by atoms with E-state index in [1.54, 1.807) is 0 Å². The Bertz CT molecular complexity index is 1060. The first-order valence-electron chi connectivity index (χ1n) is 8.80. The molecule has 4 aromatic rings. The van der Waals surface area contributed by atoms with E-state index in [1.807, 2.05) is 95.7 Å². The molecule has 0 aliphatic carbocycles. The van der Waals surface area contributed by atoms with E-state index in [9.17, 15) is 4.79 Å². The third-order valence-corrected chi connectivity index (χ3v) is 4.43. The van der Waals surface area contributed by atoms with Crippen molar-refractivity contribution in [2.24, 2.45) is 5.73 Å². The van der Waals surface area contributed by atoms with E-state index in [2.05, 4.69) is 0 Å². The van der Waals surface area contributed by atoms with Gasteiger partial charge in [0.05, 0.1) is 17.8 Å². The summed E-state index contributed by atoms with van der Waals surface area (Å²) in [6, 6.07) is 29.8. The van der Waals surface area contributed by atoms with Crippen LogP contribution in [0.15, 0.2) is 91.0 Å². The van der Waals surface area contributed by atoms with Crippen LogP contribution in [-0.4, -0.2) is 15.7 Å². The predicted octanol–water partition coefficient (Wildman–Crippen LogP) is 4.23. The summed E-state index contributed by atoms with van der Waals surface area (Å²) in [5, 5.41) is 4.89. The Morgan fingerprint density at radius 3 is 1.85 bits per heavy atom. The predicted molar refractivity (Wildman–Crippen MR) is 107 cm³/mol. The molecule has 0 aliphatic heterocycles. The van der Waals surface area contributed by atoms with E-state index >= 15 is 0 Å². The van der Waals surface area contributed by atoms with Crippen molar-refractivity contribution in [2.45, 2.75) is 6.42 Å². The minimum atomic E-state index is -0.385. The molecule has 0 saturated carbocycles. The first-order chi connectivity index (χ1) is 13.2. The number of benzene rings is 3. The molecule has 4 nitrogen and oxygen atoms in total. The Hall–Kier alpha value is -3.66. The standard InChI is InChI=1S/C23H19N3O/c24-21(27)16-20-22(17-10-4-1-5-11-17)23(18-12-6-2-7-13-18)25-26(20)19-14-8-3-9-15-19/h1-15H,16H2,(H2,24,27). The van der Waals surface area contributed by atoms with E-state index < -0.39 is 0 Å². The molecule has 27 heavy (non-hydrogen) atoms. The molecule has 0 unspecified atom stereocenters. The summed E-state index contributed by atoms with van der Waals surface area (Å²) < 4.78 is 1.83. The normalized spacial score (nSPS) is 10.7. The van der Waals surface area contributed by atoms with Crippen molar-refractivity contribution >= 4 is 5.91 Å². The van der Waals surface area contributed by atoms with Crippen LogP contribution >= 0.6 is 0 Å². The average molecular weight is 353 g/mol. The van der Waals surface area contributed by atoms with Crippen molar-refractivity contribution in [2.75, 3.05) is 0 Å². The second kappa shape index (κ2) is 7.30. The van der Waals surface area contributed by atoms with Gasteiger partial charge < -0.3 is 5.73 Å². The van der Waals surface area contributed by atoms with Gasteiger partial charge in [-0.25, -0.2) is 4.68 Å². The van der Waals surface area contributed by atoms with E-state index in [0.29, 0.717) is 0 Å². The number of carbonyl (C=O) groups excluding carboxylic acids is 1. The molecule has 0 bridgehead atoms. The molecule has 3 aromatic carbocycles. The maximum Gasteiger partial charge on any atom is 0.223 e. The Balaban J connectivity index is 2.04. The molecule has 132 valence electrons. The molecule has 1 heterocycles. The fourth-order valence-electron chi connectivity index (χ4n) is 3.27. The molecule has 0 aliphatic rings. The van der Waals surface area contributed by atoms with Gasteiger partial charge in [-0.2, -0.15) is 5.10 Å². The summed E-state index contributed by atoms with van der Waals surface area (Å²) in [5.74, 6) is -0.385. The number of aromatic nitrogens is 2. The van der Waals surface area contributed by atoms with Gasteiger partial charge in [-0.15, -0.1) is 0 Å². The Morgan fingerprint density at radius 2 is 1.30 bits per heavy atom. The topological polar surface area (TPSA) is 60.9 Å². The van der Waals surface area contributed by atoms with Crippen molar-refractivity contribution in [3.05, 3.63) is 96.7 Å². The maximum absolute atomic E-state index is 11.9. The van der Waals surface area contributed by atoms with Crippen LogP contribution in [-0.2, 0) is 11.2 Å². The summed E-state index contributed by atoms with van der Waals surface area (Å²) in [5.41, 5.74) is 11.0. The number of rotatable bonds is 5. The first-order valence-corrected chi connectivity index (χ1v) is 8.80. The lowest BCUT2D eigenvalue weighted by Gasteiger charge is -2.09. The molecular formula is C23H19N3O. The first kappa shape index (κ1) is 16.8. The number of nitrogens with zero attached hydrogens (tertiary/aromatic N) is 2. The number of para-hydroxylation sites is 1. The highest BCUT2D eigenvalue weighted by Crippen LogP contribution is 2.36. The second-order valence-electron chi connectivity index (χ2n) is 6.29. The van der Waals surface area contributed by atoms with Crippen molar-refractivity contribution in [1.29, 1.82) is 0 Å². The molecule has 0 radical (unpaired) electrons. The highest BCUT2D eigenvalue weighted by molar-refractivity contribution is 5.87. The minimum Gasteiger partial charge on any atom is -0.369 e. The summed E-state index contributed by atoms with van der Waals surface area (Å²) >= 11 is 0. The van der Waals surface area contributed by atoms with Crippen molar-refractivity contribution in [3.63, 3.8) is 0 Å². The van der Waals surface area contributed by atoms with Crippen LogP contribution in [0.4, 0.5) is 0 Å². The molecule has 0 spiro atoms. The van der Waals surface area contributed by atoms with Gasteiger partial charge in [-0.3, -0.25) is 4.79 Å². The number of hydrogen-bond acceptors (Lipinski definition) is 2. The fourth-order valence-corrected chi connectivity index (χ4v) is 3.27. The summed E-state index contributed by atoms with van der Waals surface area (Å²) in [7, 11) is 0. The lowest BCUT2D eigenvalue weighted by molar-refractivity contribution is -0.117. The Labute approximate surface area is 157 Å². The van der Waals surface area contributed by atoms with Crippen LogP contribution in [0, 0.1) is 0 Å². The quantitative estimate of drug-likeness (QED) is 0.583. The zero-order chi connectivity index (χ0) is 18.6. The van der Waals surface area contributed by atoms with Crippen LogP contribution in [0.1, 0.15) is 5.69 Å². The number of hydrogen-bond donors (Lipinski definition) is 1. The van der Waals surface area contributed by atoms with Crippen LogP contribution in [0.3, 0.4) is 0 Å². The fraction of sp³-hybridized carbons (Fsp3) is 0.0435. The van der Waals surface area contributed by atoms with Crippen LogP contribution in [0.5, 0.6) is 0 Å². The Morgan fingerprint density at radius 1 is 0.778 bits per heavy atom. The monoisotopic (exact) mass is 353 g/mol. The molecule has 2 N–H and O–H groups in total. The molecule has 4 heteroatoms. The number of amides is 1. The van der Waals surface area contributed by atoms with Gasteiger partial charge in [0, 0.05) is 11.1 Å². The van der Waals surface area contributed by atoms with Gasteiger partial charge in [-0.1, -0.05) is 78.9 Å². The van der Waals surface area contributed by atoms with Gasteiger partial charge >= 0.3 is 0 Å². The van der Waals surface area contributed by atoms with Gasteiger partial charge in [0.15, 0.2) is 0 Å². The molecule has 0 fully saturated rings. The smallest absolute Gasteiger partial charge is 0.223 e.